The van der Waals surface area contributed by atoms with Gasteiger partial charge in [0, 0.05) is 43.3 Å². The van der Waals surface area contributed by atoms with Gasteiger partial charge in [-0.25, -0.2) is 13.9 Å². The van der Waals surface area contributed by atoms with Crippen molar-refractivity contribution >= 4 is 38.9 Å². The molecule has 3 heterocycles. The number of aromatic nitrogens is 4. The monoisotopic (exact) mass is 535 g/mol. The van der Waals surface area contributed by atoms with E-state index in [-0.39, 0.29) is 22.1 Å². The maximum absolute atomic E-state index is 13.5. The van der Waals surface area contributed by atoms with Crippen LogP contribution in [0, 0.1) is 13.8 Å². The molecule has 2 N–H and O–H groups in total. The third-order valence-electron chi connectivity index (χ3n) is 6.91. The van der Waals surface area contributed by atoms with Gasteiger partial charge in [0.1, 0.15) is 10.8 Å². The summed E-state index contributed by atoms with van der Waals surface area (Å²) in [6, 6.07) is 11.4. The van der Waals surface area contributed by atoms with Gasteiger partial charge in [0.15, 0.2) is 10.7 Å². The van der Waals surface area contributed by atoms with Gasteiger partial charge in [0.25, 0.3) is 5.56 Å². The minimum absolute atomic E-state index is 0.0635. The largest absolute Gasteiger partial charge is 0.370 e. The van der Waals surface area contributed by atoms with Crippen molar-refractivity contribution in [1.29, 1.82) is 0 Å². The molecule has 2 aromatic carbocycles. The molecule has 1 saturated heterocycles. The minimum atomic E-state index is -1.60. The van der Waals surface area contributed by atoms with Gasteiger partial charge in [-0.3, -0.25) is 14.5 Å². The first-order valence-electron chi connectivity index (χ1n) is 13.0. The lowest BCUT2D eigenvalue weighted by Gasteiger charge is -2.24. The van der Waals surface area contributed by atoms with E-state index in [4.69, 9.17) is 0 Å². The number of nitrogens with zero attached hydrogens (tertiary/aromatic N) is 5. The van der Waals surface area contributed by atoms with E-state index < -0.39 is 10.8 Å². The number of rotatable bonds is 7. The van der Waals surface area contributed by atoms with Crippen LogP contribution in [0.15, 0.2) is 51.1 Å². The highest BCUT2D eigenvalue weighted by Crippen LogP contribution is 2.25. The Bertz CT molecular complexity index is 1580. The number of H-pyrrole nitrogens is 1. The molecule has 1 fully saturated rings. The number of aryl methyl sites for hydroxylation is 2. The third kappa shape index (κ3) is 5.21. The number of hydrogen-bond acceptors (Lipinski definition) is 7. The number of hydrogen-bond donors (Lipinski definition) is 2. The molecule has 1 unspecified atom stereocenters. The SMILES string of the molecule is CCCNC(=O)CN1CCCN(c2ccc3c(=O)nc4c(S(=O)c5ccc(C)cc5C)n[nH]n4c3c2)CC1. The normalized spacial score (nSPS) is 15.6. The molecule has 1 aliphatic heterocycles. The topological polar surface area (TPSA) is 116 Å². The van der Waals surface area contributed by atoms with Gasteiger partial charge in [-0.05, 0) is 56.5 Å². The summed E-state index contributed by atoms with van der Waals surface area (Å²) in [5.74, 6) is 0.0635. The Balaban J connectivity index is 1.44. The van der Waals surface area contributed by atoms with E-state index in [0.717, 1.165) is 55.8 Å². The highest BCUT2D eigenvalue weighted by atomic mass is 32.2. The van der Waals surface area contributed by atoms with Crippen LogP contribution in [-0.4, -0.2) is 74.1 Å². The molecule has 0 saturated carbocycles. The number of benzene rings is 2. The third-order valence-corrected chi connectivity index (χ3v) is 8.40. The Morgan fingerprint density at radius 2 is 1.95 bits per heavy atom. The predicted octanol–water partition coefficient (Wildman–Crippen LogP) is 2.39. The zero-order valence-electron chi connectivity index (χ0n) is 22.0. The first-order valence-corrected chi connectivity index (χ1v) is 14.1. The molecular weight excluding hydrogens is 502 g/mol. The maximum atomic E-state index is 13.5. The average molecular weight is 536 g/mol. The summed E-state index contributed by atoms with van der Waals surface area (Å²) in [6.07, 6.45) is 1.85. The van der Waals surface area contributed by atoms with Crippen LogP contribution in [0.1, 0.15) is 30.9 Å². The lowest BCUT2D eigenvalue weighted by molar-refractivity contribution is -0.122. The lowest BCUT2D eigenvalue weighted by atomic mass is 10.2. The molecule has 2 aromatic heterocycles. The molecule has 10 nitrogen and oxygen atoms in total. The standard InChI is InChI=1S/C27H33N7O3S/c1-4-10-28-24(35)17-32-11-5-12-33(14-13-32)20-7-8-21-22(16-20)34-25(29-26(21)36)27(30-31-34)38(37)23-9-6-18(2)15-19(23)3/h6-9,15-16,31H,4-5,10-14,17H2,1-3H3,(H,28,35). The number of amides is 1. The molecule has 5 rings (SSSR count). The number of anilines is 1. The van der Waals surface area contributed by atoms with Crippen molar-refractivity contribution in [1.82, 2.24) is 30.0 Å². The van der Waals surface area contributed by atoms with Gasteiger partial charge in [0.2, 0.25) is 5.91 Å². The molecular formula is C27H33N7O3S. The highest BCUT2D eigenvalue weighted by molar-refractivity contribution is 7.85. The van der Waals surface area contributed by atoms with Crippen LogP contribution in [0.3, 0.4) is 0 Å². The lowest BCUT2D eigenvalue weighted by Crippen LogP contribution is -2.39. The zero-order chi connectivity index (χ0) is 26.8. The van der Waals surface area contributed by atoms with Gasteiger partial charge in [0.05, 0.1) is 17.4 Å². The number of carbonyl (C=O) groups excluding carboxylic acids is 1. The summed E-state index contributed by atoms with van der Waals surface area (Å²) in [7, 11) is -1.60. The summed E-state index contributed by atoms with van der Waals surface area (Å²) in [4.78, 5) is 34.5. The molecule has 0 radical (unpaired) electrons. The molecule has 0 bridgehead atoms. The highest BCUT2D eigenvalue weighted by Gasteiger charge is 2.22. The molecule has 38 heavy (non-hydrogen) atoms. The van der Waals surface area contributed by atoms with Crippen molar-refractivity contribution in [2.45, 2.75) is 43.5 Å². The molecule has 200 valence electrons. The van der Waals surface area contributed by atoms with Crippen molar-refractivity contribution in [2.75, 3.05) is 44.2 Å². The first-order chi connectivity index (χ1) is 18.4. The fraction of sp³-hybridized carbons (Fsp3) is 0.407. The minimum Gasteiger partial charge on any atom is -0.370 e. The Labute approximate surface area is 223 Å². The van der Waals surface area contributed by atoms with Crippen LogP contribution in [0.4, 0.5) is 5.69 Å². The summed E-state index contributed by atoms with van der Waals surface area (Å²) >= 11 is 0. The number of aromatic amines is 1. The smallest absolute Gasteiger partial charge is 0.281 e. The Hall–Kier alpha value is -3.57. The maximum Gasteiger partial charge on any atom is 0.281 e. The quantitative estimate of drug-likeness (QED) is 0.373. The van der Waals surface area contributed by atoms with Crippen LogP contribution in [0.5, 0.6) is 0 Å². The fourth-order valence-electron chi connectivity index (χ4n) is 4.94. The van der Waals surface area contributed by atoms with E-state index in [1.54, 1.807) is 10.6 Å². The first kappa shape index (κ1) is 26.1. The van der Waals surface area contributed by atoms with Crippen molar-refractivity contribution in [3.05, 3.63) is 57.9 Å². The van der Waals surface area contributed by atoms with Crippen LogP contribution < -0.4 is 15.8 Å². The van der Waals surface area contributed by atoms with Crippen molar-refractivity contribution in [3.63, 3.8) is 0 Å². The second kappa shape index (κ2) is 11.0. The van der Waals surface area contributed by atoms with E-state index in [1.165, 1.54) is 0 Å². The Morgan fingerprint density at radius 1 is 1.11 bits per heavy atom. The molecule has 4 aromatic rings. The predicted molar refractivity (Wildman–Crippen MR) is 148 cm³/mol. The Morgan fingerprint density at radius 3 is 2.74 bits per heavy atom. The summed E-state index contributed by atoms with van der Waals surface area (Å²) in [5, 5.41) is 10.9. The molecule has 1 aliphatic rings. The molecule has 11 heteroatoms. The van der Waals surface area contributed by atoms with Crippen LogP contribution in [0.25, 0.3) is 16.6 Å². The summed E-state index contributed by atoms with van der Waals surface area (Å²) in [6.45, 7) is 10.3. The second-order valence-electron chi connectivity index (χ2n) is 9.80. The van der Waals surface area contributed by atoms with E-state index in [2.05, 4.69) is 30.4 Å². The number of nitrogens with one attached hydrogen (secondary N) is 2. The van der Waals surface area contributed by atoms with E-state index >= 15 is 0 Å². The van der Waals surface area contributed by atoms with Gasteiger partial charge in [-0.2, -0.15) is 4.98 Å². The molecule has 1 amide bonds. The van der Waals surface area contributed by atoms with Gasteiger partial charge in [-0.1, -0.05) is 24.6 Å². The second-order valence-corrected chi connectivity index (χ2v) is 11.2. The average Bonchev–Trinajstić information content (AvgIpc) is 3.18. The Kier molecular flexibility index (Phi) is 7.57. The van der Waals surface area contributed by atoms with Crippen molar-refractivity contribution < 1.29 is 9.00 Å². The van der Waals surface area contributed by atoms with Gasteiger partial charge in [-0.15, -0.1) is 5.10 Å². The van der Waals surface area contributed by atoms with Gasteiger partial charge < -0.3 is 10.2 Å². The molecule has 0 spiro atoms. The van der Waals surface area contributed by atoms with Crippen LogP contribution >= 0.6 is 0 Å². The van der Waals surface area contributed by atoms with E-state index in [1.807, 2.05) is 51.1 Å². The van der Waals surface area contributed by atoms with Crippen LogP contribution in [0.2, 0.25) is 0 Å². The number of fused-ring (bicyclic) bond motifs is 3. The van der Waals surface area contributed by atoms with Crippen molar-refractivity contribution in [2.24, 2.45) is 0 Å². The van der Waals surface area contributed by atoms with E-state index in [0.29, 0.717) is 28.9 Å². The van der Waals surface area contributed by atoms with Crippen LogP contribution in [-0.2, 0) is 15.6 Å². The van der Waals surface area contributed by atoms with Crippen molar-refractivity contribution in [3.8, 4) is 0 Å². The summed E-state index contributed by atoms with van der Waals surface area (Å²) < 4.78 is 15.1. The van der Waals surface area contributed by atoms with Gasteiger partial charge >= 0.3 is 0 Å². The summed E-state index contributed by atoms with van der Waals surface area (Å²) in [5.41, 5.74) is 3.46. The fourth-order valence-corrected chi connectivity index (χ4v) is 6.12. The van der Waals surface area contributed by atoms with E-state index in [9.17, 15) is 13.8 Å². The molecule has 1 atom stereocenters. The molecule has 0 aliphatic carbocycles. The number of carbonyl (C=O) groups is 1. The zero-order valence-corrected chi connectivity index (χ0v) is 22.8.